The quantitative estimate of drug-likeness (QED) is 0.882. The van der Waals surface area contributed by atoms with E-state index in [0.29, 0.717) is 13.2 Å². The molecule has 0 aliphatic rings. The summed E-state index contributed by atoms with van der Waals surface area (Å²) in [6.07, 6.45) is 1.79. The van der Waals surface area contributed by atoms with Crippen molar-refractivity contribution >= 4 is 11.3 Å². The Kier molecular flexibility index (Phi) is 4.93. The summed E-state index contributed by atoms with van der Waals surface area (Å²) in [5, 5.41) is 1.12. The lowest BCUT2D eigenvalue weighted by Gasteiger charge is -2.04. The topological polar surface area (TPSA) is 48.1 Å². The molecule has 0 spiro atoms. The second kappa shape index (κ2) is 6.68. The molecule has 0 aliphatic heterocycles. The van der Waals surface area contributed by atoms with Gasteiger partial charge in [0, 0.05) is 17.8 Å². The van der Waals surface area contributed by atoms with Crippen LogP contribution in [-0.4, -0.2) is 11.6 Å². The molecule has 1 aromatic heterocycles. The van der Waals surface area contributed by atoms with Crippen molar-refractivity contribution < 1.29 is 4.74 Å². The Morgan fingerprint density at radius 2 is 2.00 bits per heavy atom. The van der Waals surface area contributed by atoms with E-state index in [4.69, 9.17) is 10.5 Å². The average molecular weight is 276 g/mol. The Balaban J connectivity index is 1.88. The van der Waals surface area contributed by atoms with Crippen LogP contribution in [-0.2, 0) is 19.4 Å². The predicted octanol–water partition coefficient (Wildman–Crippen LogP) is 3.09. The van der Waals surface area contributed by atoms with Gasteiger partial charge in [-0.1, -0.05) is 24.6 Å². The number of ether oxygens (including phenoxy) is 1. The van der Waals surface area contributed by atoms with Crippen LogP contribution in [0.25, 0.3) is 0 Å². The highest BCUT2D eigenvalue weighted by Crippen LogP contribution is 2.19. The first kappa shape index (κ1) is 14.0. The molecule has 2 aromatic rings. The molecule has 0 radical (unpaired) electrons. The van der Waals surface area contributed by atoms with Gasteiger partial charge in [-0.2, -0.15) is 0 Å². The Hall–Kier alpha value is -1.39. The van der Waals surface area contributed by atoms with Gasteiger partial charge in [-0.15, -0.1) is 11.3 Å². The molecule has 0 saturated heterocycles. The number of aromatic nitrogens is 1. The fourth-order valence-electron chi connectivity index (χ4n) is 1.87. The smallest absolute Gasteiger partial charge is 0.119 e. The van der Waals surface area contributed by atoms with Crippen LogP contribution in [0.5, 0.6) is 5.75 Å². The van der Waals surface area contributed by atoms with E-state index in [1.165, 1.54) is 10.4 Å². The van der Waals surface area contributed by atoms with Crippen molar-refractivity contribution in [1.82, 2.24) is 4.98 Å². The van der Waals surface area contributed by atoms with Gasteiger partial charge in [0.2, 0.25) is 0 Å². The second-order valence-corrected chi connectivity index (χ2v) is 5.61. The lowest BCUT2D eigenvalue weighted by Crippen LogP contribution is -2.01. The fraction of sp³-hybridized carbons (Fsp3) is 0.400. The molecule has 0 amide bonds. The molecule has 3 nitrogen and oxygen atoms in total. The van der Waals surface area contributed by atoms with E-state index >= 15 is 0 Å². The van der Waals surface area contributed by atoms with Crippen LogP contribution < -0.4 is 10.5 Å². The first-order chi connectivity index (χ1) is 9.22. The van der Waals surface area contributed by atoms with Crippen molar-refractivity contribution in [3.63, 3.8) is 0 Å². The number of rotatable bonds is 6. The highest BCUT2D eigenvalue weighted by atomic mass is 32.1. The summed E-state index contributed by atoms with van der Waals surface area (Å²) in [4.78, 5) is 5.81. The average Bonchev–Trinajstić information content (AvgIpc) is 2.83. The van der Waals surface area contributed by atoms with Gasteiger partial charge in [-0.3, -0.25) is 0 Å². The molecular formula is C15H20N2OS. The Bertz CT molecular complexity index is 498. The van der Waals surface area contributed by atoms with Crippen LogP contribution >= 0.6 is 11.3 Å². The van der Waals surface area contributed by atoms with Crippen LogP contribution in [0.3, 0.4) is 0 Å². The van der Waals surface area contributed by atoms with E-state index in [1.807, 2.05) is 12.1 Å². The molecule has 102 valence electrons. The minimum atomic E-state index is 0.583. The maximum Gasteiger partial charge on any atom is 0.119 e. The molecule has 2 N–H and O–H groups in total. The number of nitrogens with two attached hydrogens (primary N) is 1. The third kappa shape index (κ3) is 3.78. The van der Waals surface area contributed by atoms with Gasteiger partial charge in [0.1, 0.15) is 5.75 Å². The number of thiazole rings is 1. The van der Waals surface area contributed by atoms with Gasteiger partial charge >= 0.3 is 0 Å². The molecular weight excluding hydrogens is 256 g/mol. The first-order valence-corrected chi connectivity index (χ1v) is 7.41. The minimum Gasteiger partial charge on any atom is -0.493 e. The summed E-state index contributed by atoms with van der Waals surface area (Å²) in [6.45, 7) is 5.42. The molecule has 4 heteroatoms. The largest absolute Gasteiger partial charge is 0.493 e. The standard InChI is InChI=1S/C15H20N2OS/c1-3-13-14(10-16)19-15(17-13)8-9-18-12-6-4-11(2)5-7-12/h4-7H,3,8-10,16H2,1-2H3. The summed E-state index contributed by atoms with van der Waals surface area (Å²) in [5.74, 6) is 0.914. The fourth-order valence-corrected chi connectivity index (χ4v) is 2.89. The van der Waals surface area contributed by atoms with Crippen LogP contribution in [0.15, 0.2) is 24.3 Å². The number of nitrogens with zero attached hydrogens (tertiary/aromatic N) is 1. The predicted molar refractivity (Wildman–Crippen MR) is 79.8 cm³/mol. The van der Waals surface area contributed by atoms with E-state index in [1.54, 1.807) is 11.3 Å². The van der Waals surface area contributed by atoms with Gasteiger partial charge in [0.05, 0.1) is 17.3 Å². The van der Waals surface area contributed by atoms with Crippen molar-refractivity contribution in [3.05, 3.63) is 45.4 Å². The monoisotopic (exact) mass is 276 g/mol. The minimum absolute atomic E-state index is 0.583. The zero-order valence-corrected chi connectivity index (χ0v) is 12.3. The summed E-state index contributed by atoms with van der Waals surface area (Å²) >= 11 is 1.71. The summed E-state index contributed by atoms with van der Waals surface area (Å²) in [7, 11) is 0. The summed E-state index contributed by atoms with van der Waals surface area (Å²) in [5.41, 5.74) is 8.09. The molecule has 0 bridgehead atoms. The van der Waals surface area contributed by atoms with E-state index in [9.17, 15) is 0 Å². The molecule has 0 saturated carbocycles. The van der Waals surface area contributed by atoms with Crippen LogP contribution in [0, 0.1) is 6.92 Å². The summed E-state index contributed by atoms with van der Waals surface area (Å²) in [6, 6.07) is 8.11. The molecule has 0 aliphatic carbocycles. The normalized spacial score (nSPS) is 10.7. The number of hydrogen-bond acceptors (Lipinski definition) is 4. The number of aryl methyl sites for hydroxylation is 2. The van der Waals surface area contributed by atoms with Gasteiger partial charge in [-0.25, -0.2) is 4.98 Å². The number of hydrogen-bond donors (Lipinski definition) is 1. The Labute approximate surface area is 118 Å². The lowest BCUT2D eigenvalue weighted by atomic mass is 10.2. The van der Waals surface area contributed by atoms with E-state index in [0.717, 1.165) is 29.3 Å². The third-order valence-electron chi connectivity index (χ3n) is 2.95. The van der Waals surface area contributed by atoms with Crippen molar-refractivity contribution in [3.8, 4) is 5.75 Å². The van der Waals surface area contributed by atoms with Gasteiger partial charge in [-0.05, 0) is 25.5 Å². The van der Waals surface area contributed by atoms with E-state index < -0.39 is 0 Å². The van der Waals surface area contributed by atoms with Crippen LogP contribution in [0.2, 0.25) is 0 Å². The molecule has 19 heavy (non-hydrogen) atoms. The molecule has 0 fully saturated rings. The van der Waals surface area contributed by atoms with Crippen molar-refractivity contribution in [2.75, 3.05) is 6.61 Å². The first-order valence-electron chi connectivity index (χ1n) is 6.60. The number of benzene rings is 1. The van der Waals surface area contributed by atoms with Crippen molar-refractivity contribution in [2.24, 2.45) is 5.73 Å². The van der Waals surface area contributed by atoms with E-state index in [-0.39, 0.29) is 0 Å². The van der Waals surface area contributed by atoms with E-state index in [2.05, 4.69) is 31.0 Å². The third-order valence-corrected chi connectivity index (χ3v) is 4.13. The summed E-state index contributed by atoms with van der Waals surface area (Å²) < 4.78 is 5.72. The highest BCUT2D eigenvalue weighted by Gasteiger charge is 2.08. The molecule has 0 unspecified atom stereocenters. The van der Waals surface area contributed by atoms with Gasteiger partial charge in [0.25, 0.3) is 0 Å². The van der Waals surface area contributed by atoms with Gasteiger partial charge < -0.3 is 10.5 Å². The Morgan fingerprint density at radius 3 is 2.58 bits per heavy atom. The molecule has 0 atom stereocenters. The highest BCUT2D eigenvalue weighted by molar-refractivity contribution is 7.11. The molecule has 1 aromatic carbocycles. The zero-order valence-electron chi connectivity index (χ0n) is 11.5. The van der Waals surface area contributed by atoms with Crippen LogP contribution in [0.1, 0.15) is 28.1 Å². The SMILES string of the molecule is CCc1nc(CCOc2ccc(C)cc2)sc1CN. The molecule has 2 rings (SSSR count). The second-order valence-electron chi connectivity index (χ2n) is 4.45. The maximum atomic E-state index is 5.72. The zero-order chi connectivity index (χ0) is 13.7. The van der Waals surface area contributed by atoms with Crippen molar-refractivity contribution in [2.45, 2.75) is 33.2 Å². The maximum absolute atomic E-state index is 5.72. The lowest BCUT2D eigenvalue weighted by molar-refractivity contribution is 0.321. The van der Waals surface area contributed by atoms with Gasteiger partial charge in [0.15, 0.2) is 0 Å². The van der Waals surface area contributed by atoms with Crippen molar-refractivity contribution in [1.29, 1.82) is 0 Å². The van der Waals surface area contributed by atoms with Crippen LogP contribution in [0.4, 0.5) is 0 Å². The Morgan fingerprint density at radius 1 is 1.26 bits per heavy atom. The molecule has 1 heterocycles.